The van der Waals surface area contributed by atoms with E-state index in [1.165, 1.54) is 22.1 Å². The van der Waals surface area contributed by atoms with E-state index in [1.54, 1.807) is 4.68 Å². The first kappa shape index (κ1) is 15.7. The van der Waals surface area contributed by atoms with Gasteiger partial charge in [0.15, 0.2) is 5.69 Å². The molecule has 0 aliphatic heterocycles. The molecule has 0 amide bonds. The van der Waals surface area contributed by atoms with Crippen molar-refractivity contribution in [3.63, 3.8) is 0 Å². The number of carboxylic acid groups (broad SMARTS) is 1. The summed E-state index contributed by atoms with van der Waals surface area (Å²) in [4.78, 5) is 15.4. The Bertz CT molecular complexity index is 1320. The second-order valence-electron chi connectivity index (χ2n) is 6.16. The predicted molar refractivity (Wildman–Crippen MR) is 107 cm³/mol. The largest absolute Gasteiger partial charge is 0.476 e. The maximum absolute atomic E-state index is 11.2. The zero-order valence-corrected chi connectivity index (χ0v) is 14.9. The maximum atomic E-state index is 11.2. The molecule has 0 unspecified atom stereocenters. The number of hydrogen-bond acceptors (Lipinski definition) is 4. The lowest BCUT2D eigenvalue weighted by molar-refractivity contribution is 0.0691. The van der Waals surface area contributed by atoms with Crippen LogP contribution < -0.4 is 0 Å². The lowest BCUT2D eigenvalue weighted by Crippen LogP contribution is -2.00. The van der Waals surface area contributed by atoms with Crippen LogP contribution in [0.25, 0.3) is 38.1 Å². The van der Waals surface area contributed by atoms with Gasteiger partial charge < -0.3 is 5.11 Å². The van der Waals surface area contributed by atoms with Crippen molar-refractivity contribution < 1.29 is 9.90 Å². The van der Waals surface area contributed by atoms with Crippen LogP contribution in [-0.2, 0) is 0 Å². The highest BCUT2D eigenvalue weighted by Gasteiger charge is 2.17. The fourth-order valence-corrected chi connectivity index (χ4v) is 3.98. The maximum Gasteiger partial charge on any atom is 0.355 e. The van der Waals surface area contributed by atoms with E-state index >= 15 is 0 Å². The average molecular weight is 371 g/mol. The average Bonchev–Trinajstić information content (AvgIpc) is 3.33. The van der Waals surface area contributed by atoms with Crippen LogP contribution in [-0.4, -0.2) is 25.8 Å². The van der Waals surface area contributed by atoms with Gasteiger partial charge in [-0.3, -0.25) is 0 Å². The number of nitrogens with zero attached hydrogens (tertiary/aromatic N) is 3. The third kappa shape index (κ3) is 2.58. The molecular formula is C21H13N3O2S. The van der Waals surface area contributed by atoms with Crippen LogP contribution in [0, 0.1) is 0 Å². The number of carbonyl (C=O) groups is 1. The first-order chi connectivity index (χ1) is 13.2. The van der Waals surface area contributed by atoms with E-state index in [2.05, 4.69) is 35.3 Å². The highest BCUT2D eigenvalue weighted by molar-refractivity contribution is 7.12. The Labute approximate surface area is 158 Å². The fourth-order valence-electron chi connectivity index (χ4n) is 3.22. The molecule has 130 valence electrons. The van der Waals surface area contributed by atoms with Gasteiger partial charge in [-0.1, -0.05) is 54.6 Å². The number of thiazole rings is 1. The first-order valence-electron chi connectivity index (χ1n) is 8.37. The van der Waals surface area contributed by atoms with E-state index < -0.39 is 5.97 Å². The second kappa shape index (κ2) is 6.03. The van der Waals surface area contributed by atoms with Gasteiger partial charge in [0.1, 0.15) is 5.69 Å². The Balaban J connectivity index is 1.73. The highest BCUT2D eigenvalue weighted by Crippen LogP contribution is 2.32. The van der Waals surface area contributed by atoms with E-state index in [0.29, 0.717) is 5.13 Å². The normalized spacial score (nSPS) is 11.3. The molecule has 3 aromatic carbocycles. The van der Waals surface area contributed by atoms with E-state index in [-0.39, 0.29) is 5.69 Å². The summed E-state index contributed by atoms with van der Waals surface area (Å²) in [6, 6.07) is 22.4. The number of rotatable bonds is 3. The molecule has 0 fully saturated rings. The van der Waals surface area contributed by atoms with Gasteiger partial charge in [-0.2, -0.15) is 5.10 Å². The molecular weight excluding hydrogens is 358 g/mol. The van der Waals surface area contributed by atoms with Gasteiger partial charge in [0, 0.05) is 16.3 Å². The Hall–Kier alpha value is -3.51. The Kier molecular flexibility index (Phi) is 3.51. The molecule has 0 atom stereocenters. The van der Waals surface area contributed by atoms with Crippen LogP contribution in [0.4, 0.5) is 0 Å². The molecule has 0 aliphatic rings. The van der Waals surface area contributed by atoms with Crippen LogP contribution in [0.15, 0.2) is 72.1 Å². The minimum absolute atomic E-state index is 0.0295. The topological polar surface area (TPSA) is 68.0 Å². The Morgan fingerprint density at radius 1 is 0.963 bits per heavy atom. The highest BCUT2D eigenvalue weighted by atomic mass is 32.1. The number of benzene rings is 3. The molecule has 0 radical (unpaired) electrons. The quantitative estimate of drug-likeness (QED) is 0.484. The van der Waals surface area contributed by atoms with Gasteiger partial charge in [-0.05, 0) is 22.9 Å². The molecule has 6 heteroatoms. The van der Waals surface area contributed by atoms with Crippen LogP contribution in [0.2, 0.25) is 0 Å². The number of fused-ring (bicyclic) bond motifs is 2. The fraction of sp³-hybridized carbons (Fsp3) is 0. The summed E-state index contributed by atoms with van der Waals surface area (Å²) in [6.45, 7) is 0. The van der Waals surface area contributed by atoms with Crippen LogP contribution >= 0.6 is 11.3 Å². The van der Waals surface area contributed by atoms with Gasteiger partial charge >= 0.3 is 5.97 Å². The molecule has 2 heterocycles. The molecule has 0 saturated heterocycles. The standard InChI is InChI=1S/C21H13N3O2S/c25-20(26)17-12-27-21(22-17)24-18-8-4-3-7-16(18)19(23-24)15-10-9-13-5-1-2-6-14(13)11-15/h1-12H,(H,25,26). The van der Waals surface area contributed by atoms with Gasteiger partial charge in [0.2, 0.25) is 5.13 Å². The number of aromatic nitrogens is 3. The van der Waals surface area contributed by atoms with E-state index in [0.717, 1.165) is 27.5 Å². The van der Waals surface area contributed by atoms with Crippen molar-refractivity contribution in [1.82, 2.24) is 14.8 Å². The Morgan fingerprint density at radius 3 is 2.56 bits per heavy atom. The smallest absolute Gasteiger partial charge is 0.355 e. The second-order valence-corrected chi connectivity index (χ2v) is 7.00. The molecule has 5 nitrogen and oxygen atoms in total. The van der Waals surface area contributed by atoms with Gasteiger partial charge in [-0.25, -0.2) is 14.5 Å². The molecule has 5 aromatic rings. The summed E-state index contributed by atoms with van der Waals surface area (Å²) in [6.07, 6.45) is 0. The molecule has 1 N–H and O–H groups in total. The van der Waals surface area contributed by atoms with E-state index in [4.69, 9.17) is 10.2 Å². The monoisotopic (exact) mass is 371 g/mol. The lowest BCUT2D eigenvalue weighted by atomic mass is 10.0. The van der Waals surface area contributed by atoms with Crippen molar-refractivity contribution in [2.45, 2.75) is 0 Å². The first-order valence-corrected chi connectivity index (χ1v) is 9.25. The van der Waals surface area contributed by atoms with Crippen molar-refractivity contribution >= 4 is 39.0 Å². The van der Waals surface area contributed by atoms with Crippen molar-refractivity contribution in [3.05, 3.63) is 77.8 Å². The van der Waals surface area contributed by atoms with E-state index in [1.807, 2.05) is 36.4 Å². The molecule has 0 saturated carbocycles. The minimum Gasteiger partial charge on any atom is -0.476 e. The van der Waals surface area contributed by atoms with Crippen molar-refractivity contribution in [3.8, 4) is 16.4 Å². The number of hydrogen-bond donors (Lipinski definition) is 1. The Morgan fingerprint density at radius 2 is 1.74 bits per heavy atom. The van der Waals surface area contributed by atoms with Crippen molar-refractivity contribution in [2.75, 3.05) is 0 Å². The number of carboxylic acids is 1. The van der Waals surface area contributed by atoms with Crippen LogP contribution in [0.3, 0.4) is 0 Å². The zero-order valence-electron chi connectivity index (χ0n) is 14.0. The van der Waals surface area contributed by atoms with Crippen molar-refractivity contribution in [1.29, 1.82) is 0 Å². The summed E-state index contributed by atoms with van der Waals surface area (Å²) in [5.74, 6) is -1.04. The SMILES string of the molecule is O=C(O)c1csc(-n2nc(-c3ccc4ccccc4c3)c3ccccc32)n1. The van der Waals surface area contributed by atoms with E-state index in [9.17, 15) is 4.79 Å². The zero-order chi connectivity index (χ0) is 18.4. The summed E-state index contributed by atoms with van der Waals surface area (Å²) < 4.78 is 1.72. The summed E-state index contributed by atoms with van der Waals surface area (Å²) in [5.41, 5.74) is 2.79. The third-order valence-corrected chi connectivity index (χ3v) is 5.32. The lowest BCUT2D eigenvalue weighted by Gasteiger charge is -2.01. The summed E-state index contributed by atoms with van der Waals surface area (Å²) >= 11 is 1.27. The van der Waals surface area contributed by atoms with Crippen LogP contribution in [0.5, 0.6) is 0 Å². The molecule has 5 rings (SSSR count). The van der Waals surface area contributed by atoms with Crippen LogP contribution in [0.1, 0.15) is 10.5 Å². The van der Waals surface area contributed by atoms with Gasteiger partial charge in [0.25, 0.3) is 0 Å². The third-order valence-electron chi connectivity index (χ3n) is 4.50. The molecule has 2 aromatic heterocycles. The molecule has 0 bridgehead atoms. The van der Waals surface area contributed by atoms with Gasteiger partial charge in [-0.15, -0.1) is 11.3 Å². The molecule has 27 heavy (non-hydrogen) atoms. The molecule has 0 spiro atoms. The number of aromatic carboxylic acids is 1. The number of para-hydroxylation sites is 1. The summed E-state index contributed by atoms with van der Waals surface area (Å²) in [5, 5.41) is 19.3. The van der Waals surface area contributed by atoms with Crippen molar-refractivity contribution in [2.24, 2.45) is 0 Å². The summed E-state index contributed by atoms with van der Waals surface area (Å²) in [7, 11) is 0. The minimum atomic E-state index is -1.04. The van der Waals surface area contributed by atoms with Gasteiger partial charge in [0.05, 0.1) is 5.52 Å². The predicted octanol–water partition coefficient (Wildman–Crippen LogP) is 5.00. The molecule has 0 aliphatic carbocycles.